The summed E-state index contributed by atoms with van der Waals surface area (Å²) in [6.07, 6.45) is 3.84. The van der Waals surface area contributed by atoms with Crippen LogP contribution in [0.5, 0.6) is 0 Å². The molecule has 1 saturated carbocycles. The average molecular weight is 306 g/mol. The van der Waals surface area contributed by atoms with Crippen LogP contribution in [0.15, 0.2) is 24.3 Å². The Hall–Kier alpha value is -1.46. The molecule has 0 spiro atoms. The number of aliphatic hydroxyl groups excluding tert-OH is 1. The van der Waals surface area contributed by atoms with Crippen molar-refractivity contribution in [1.29, 1.82) is 0 Å². The van der Waals surface area contributed by atoms with Gasteiger partial charge in [0, 0.05) is 19.1 Å². The first-order chi connectivity index (χ1) is 10.6. The molecule has 1 saturated heterocycles. The van der Waals surface area contributed by atoms with E-state index in [1.165, 1.54) is 31.4 Å². The molecule has 2 fully saturated rings. The number of carbonyl (C=O) groups excluding carboxylic acids is 1. The van der Waals surface area contributed by atoms with Crippen molar-refractivity contribution in [2.24, 2.45) is 5.92 Å². The van der Waals surface area contributed by atoms with E-state index in [9.17, 15) is 14.3 Å². The third-order valence-corrected chi connectivity index (χ3v) is 4.80. The number of nitrogens with one attached hydrogen (secondary N) is 1. The van der Waals surface area contributed by atoms with E-state index in [-0.39, 0.29) is 24.3 Å². The van der Waals surface area contributed by atoms with Crippen LogP contribution in [0.25, 0.3) is 0 Å². The first-order valence-electron chi connectivity index (χ1n) is 8.06. The van der Waals surface area contributed by atoms with Crippen molar-refractivity contribution >= 4 is 5.91 Å². The molecule has 2 N–H and O–H groups in total. The third kappa shape index (κ3) is 3.65. The number of nitrogens with zero attached hydrogens (tertiary/aromatic N) is 1. The van der Waals surface area contributed by atoms with E-state index in [1.807, 2.05) is 4.90 Å². The van der Waals surface area contributed by atoms with Crippen LogP contribution in [-0.4, -0.2) is 41.7 Å². The molecule has 0 bridgehead atoms. The highest BCUT2D eigenvalue weighted by Crippen LogP contribution is 2.32. The highest BCUT2D eigenvalue weighted by atomic mass is 19.1. The molecule has 120 valence electrons. The second-order valence-corrected chi connectivity index (χ2v) is 6.49. The molecule has 1 amide bonds. The molecule has 3 rings (SSSR count). The van der Waals surface area contributed by atoms with Crippen molar-refractivity contribution in [3.05, 3.63) is 35.6 Å². The fraction of sp³-hybridized carbons (Fsp3) is 0.588. The summed E-state index contributed by atoms with van der Waals surface area (Å²) in [4.78, 5) is 14.1. The summed E-state index contributed by atoms with van der Waals surface area (Å²) in [7, 11) is 0. The molecule has 1 heterocycles. The van der Waals surface area contributed by atoms with Gasteiger partial charge in [0.05, 0.1) is 12.6 Å². The lowest BCUT2D eigenvalue weighted by Crippen LogP contribution is -2.40. The Balaban J connectivity index is 1.57. The first kappa shape index (κ1) is 15.4. The van der Waals surface area contributed by atoms with E-state index in [0.717, 1.165) is 12.1 Å². The van der Waals surface area contributed by atoms with Crippen LogP contribution in [-0.2, 0) is 4.79 Å². The Labute approximate surface area is 130 Å². The molecule has 1 aliphatic heterocycles. The van der Waals surface area contributed by atoms with Gasteiger partial charge in [-0.25, -0.2) is 4.39 Å². The number of benzene rings is 1. The number of amides is 1. The highest BCUT2D eigenvalue weighted by molar-refractivity contribution is 5.78. The van der Waals surface area contributed by atoms with Crippen molar-refractivity contribution in [2.75, 3.05) is 19.6 Å². The number of likely N-dealkylation sites (tertiary alicyclic amines) is 1. The first-order valence-corrected chi connectivity index (χ1v) is 8.06. The van der Waals surface area contributed by atoms with Gasteiger partial charge in [-0.2, -0.15) is 0 Å². The topological polar surface area (TPSA) is 52.6 Å². The van der Waals surface area contributed by atoms with Crippen LogP contribution in [0, 0.1) is 11.7 Å². The number of halogens is 1. The smallest absolute Gasteiger partial charge is 0.234 e. The molecule has 4 nitrogen and oxygen atoms in total. The summed E-state index contributed by atoms with van der Waals surface area (Å²) in [5, 5.41) is 12.9. The molecule has 1 aromatic carbocycles. The molecule has 0 unspecified atom stereocenters. The number of β-amino-alcohol motifs (C(OH)–C–C–N with tert-alkyl or cyclic N) is 1. The van der Waals surface area contributed by atoms with Crippen LogP contribution in [0.4, 0.5) is 4.39 Å². The standard InChI is InChI=1S/C17H23FN2O2/c18-14-6-4-13(5-7-14)16-8-15(21)10-20(16)11-17(22)19-9-12-2-1-3-12/h4-7,12,15-16,21H,1-3,8-11H2,(H,19,22)/t15-,16+/m1/s1. The second-order valence-electron chi connectivity index (χ2n) is 6.49. The number of rotatable bonds is 5. The molecule has 1 aromatic rings. The van der Waals surface area contributed by atoms with Crippen LogP contribution >= 0.6 is 0 Å². The van der Waals surface area contributed by atoms with Gasteiger partial charge in [-0.05, 0) is 42.9 Å². The van der Waals surface area contributed by atoms with Gasteiger partial charge in [0.1, 0.15) is 5.82 Å². The van der Waals surface area contributed by atoms with Crippen LogP contribution in [0.1, 0.15) is 37.3 Å². The second kappa shape index (κ2) is 6.75. The normalized spacial score (nSPS) is 25.9. The van der Waals surface area contributed by atoms with Gasteiger partial charge >= 0.3 is 0 Å². The predicted octanol–water partition coefficient (Wildman–Crippen LogP) is 1.85. The van der Waals surface area contributed by atoms with Crippen molar-refractivity contribution < 1.29 is 14.3 Å². The maximum Gasteiger partial charge on any atom is 0.234 e. The third-order valence-electron chi connectivity index (χ3n) is 4.80. The van der Waals surface area contributed by atoms with E-state index in [2.05, 4.69) is 5.32 Å². The van der Waals surface area contributed by atoms with Gasteiger partial charge in [0.15, 0.2) is 0 Å². The minimum absolute atomic E-state index is 0.00751. The lowest BCUT2D eigenvalue weighted by atomic mass is 9.85. The summed E-state index contributed by atoms with van der Waals surface area (Å²) in [5.41, 5.74) is 0.949. The maximum absolute atomic E-state index is 13.0. The van der Waals surface area contributed by atoms with E-state index < -0.39 is 6.10 Å². The van der Waals surface area contributed by atoms with Crippen molar-refractivity contribution in [1.82, 2.24) is 10.2 Å². The molecule has 0 aromatic heterocycles. The summed E-state index contributed by atoms with van der Waals surface area (Å²) in [5.74, 6) is 0.376. The van der Waals surface area contributed by atoms with Gasteiger partial charge < -0.3 is 10.4 Å². The highest BCUT2D eigenvalue weighted by Gasteiger charge is 2.33. The molecule has 1 aliphatic carbocycles. The van der Waals surface area contributed by atoms with Crippen LogP contribution in [0.3, 0.4) is 0 Å². The van der Waals surface area contributed by atoms with Gasteiger partial charge in [0.25, 0.3) is 0 Å². The minimum atomic E-state index is -0.436. The Bertz CT molecular complexity index is 516. The van der Waals surface area contributed by atoms with E-state index in [1.54, 1.807) is 12.1 Å². The van der Waals surface area contributed by atoms with E-state index >= 15 is 0 Å². The monoisotopic (exact) mass is 306 g/mol. The van der Waals surface area contributed by atoms with Crippen molar-refractivity contribution in [2.45, 2.75) is 37.8 Å². The Kier molecular flexibility index (Phi) is 4.74. The van der Waals surface area contributed by atoms with Crippen LogP contribution < -0.4 is 5.32 Å². The molecular formula is C17H23FN2O2. The summed E-state index contributed by atoms with van der Waals surface area (Å²) in [6, 6.07) is 6.29. The summed E-state index contributed by atoms with van der Waals surface area (Å²) in [6.45, 7) is 1.53. The summed E-state index contributed by atoms with van der Waals surface area (Å²) < 4.78 is 13.0. The maximum atomic E-state index is 13.0. The van der Waals surface area contributed by atoms with Gasteiger partial charge in [-0.15, -0.1) is 0 Å². The Morgan fingerprint density at radius 1 is 1.32 bits per heavy atom. The lowest BCUT2D eigenvalue weighted by molar-refractivity contribution is -0.122. The zero-order valence-corrected chi connectivity index (χ0v) is 12.7. The van der Waals surface area contributed by atoms with Crippen molar-refractivity contribution in [3.63, 3.8) is 0 Å². The van der Waals surface area contributed by atoms with E-state index in [4.69, 9.17) is 0 Å². The fourth-order valence-corrected chi connectivity index (χ4v) is 3.28. The zero-order chi connectivity index (χ0) is 15.5. The number of hydrogen-bond donors (Lipinski definition) is 2. The molecule has 22 heavy (non-hydrogen) atoms. The molecule has 0 radical (unpaired) electrons. The number of aliphatic hydroxyl groups is 1. The SMILES string of the molecule is O=C(CN1C[C@H](O)C[C@H]1c1ccc(F)cc1)NCC1CCC1. The largest absolute Gasteiger partial charge is 0.392 e. The average Bonchev–Trinajstić information content (AvgIpc) is 2.78. The van der Waals surface area contributed by atoms with Gasteiger partial charge in [0.2, 0.25) is 5.91 Å². The number of hydrogen-bond acceptors (Lipinski definition) is 3. The molecule has 2 aliphatic rings. The van der Waals surface area contributed by atoms with Gasteiger partial charge in [-0.3, -0.25) is 9.69 Å². The number of carbonyl (C=O) groups is 1. The molecule has 5 heteroatoms. The Morgan fingerprint density at radius 3 is 2.68 bits per heavy atom. The van der Waals surface area contributed by atoms with E-state index in [0.29, 0.717) is 18.9 Å². The molecule has 2 atom stereocenters. The molecular weight excluding hydrogens is 283 g/mol. The van der Waals surface area contributed by atoms with Crippen molar-refractivity contribution in [3.8, 4) is 0 Å². The summed E-state index contributed by atoms with van der Waals surface area (Å²) >= 11 is 0. The minimum Gasteiger partial charge on any atom is -0.392 e. The lowest BCUT2D eigenvalue weighted by Gasteiger charge is -2.27. The predicted molar refractivity (Wildman–Crippen MR) is 81.7 cm³/mol. The zero-order valence-electron chi connectivity index (χ0n) is 12.7. The quantitative estimate of drug-likeness (QED) is 0.873. The Morgan fingerprint density at radius 2 is 2.05 bits per heavy atom. The fourth-order valence-electron chi connectivity index (χ4n) is 3.28. The van der Waals surface area contributed by atoms with Crippen LogP contribution in [0.2, 0.25) is 0 Å². The van der Waals surface area contributed by atoms with Gasteiger partial charge in [-0.1, -0.05) is 18.6 Å².